The van der Waals surface area contributed by atoms with Crippen molar-refractivity contribution in [2.45, 2.75) is 17.5 Å². The average Bonchev–Trinajstić information content (AvgIpc) is 2.79. The van der Waals surface area contributed by atoms with Crippen molar-refractivity contribution in [3.63, 3.8) is 0 Å². The SMILES string of the molecule is CN1CCN(S(=O)(=O)c2ccc(OCc3ccccc3)c(F)c2)C(c2ccccc2)C1. The van der Waals surface area contributed by atoms with E-state index in [0.717, 1.165) is 17.2 Å². The minimum absolute atomic E-state index is 0.0285. The molecular formula is C24H25FN2O3S. The molecule has 1 unspecified atom stereocenters. The van der Waals surface area contributed by atoms with Crippen LogP contribution in [0.1, 0.15) is 17.2 Å². The number of nitrogens with zero attached hydrogens (tertiary/aromatic N) is 2. The van der Waals surface area contributed by atoms with Crippen molar-refractivity contribution in [2.75, 3.05) is 26.7 Å². The van der Waals surface area contributed by atoms with Crippen LogP contribution < -0.4 is 4.74 Å². The van der Waals surface area contributed by atoms with Gasteiger partial charge >= 0.3 is 0 Å². The number of hydrogen-bond acceptors (Lipinski definition) is 4. The van der Waals surface area contributed by atoms with E-state index < -0.39 is 15.8 Å². The van der Waals surface area contributed by atoms with Gasteiger partial charge in [-0.3, -0.25) is 0 Å². The first-order valence-electron chi connectivity index (χ1n) is 10.2. The molecule has 1 heterocycles. The van der Waals surface area contributed by atoms with Crippen LogP contribution in [0.25, 0.3) is 0 Å². The first-order chi connectivity index (χ1) is 14.9. The van der Waals surface area contributed by atoms with Gasteiger partial charge in [0.2, 0.25) is 10.0 Å². The van der Waals surface area contributed by atoms with E-state index in [2.05, 4.69) is 4.90 Å². The molecule has 162 valence electrons. The van der Waals surface area contributed by atoms with Crippen LogP contribution in [-0.4, -0.2) is 44.3 Å². The second-order valence-electron chi connectivity index (χ2n) is 7.67. The highest BCUT2D eigenvalue weighted by Crippen LogP contribution is 2.32. The minimum atomic E-state index is -3.88. The molecule has 1 atom stereocenters. The number of halogens is 1. The summed E-state index contributed by atoms with van der Waals surface area (Å²) in [5, 5.41) is 0. The van der Waals surface area contributed by atoms with Crippen LogP contribution in [0.4, 0.5) is 4.39 Å². The standard InChI is InChI=1S/C24H25FN2O3S/c1-26-14-15-27(23(17-26)20-10-6-3-7-11-20)31(28,29)21-12-13-24(22(25)16-21)30-18-19-8-4-2-5-9-19/h2-13,16,23H,14-15,17-18H2,1H3. The van der Waals surface area contributed by atoms with Crippen molar-refractivity contribution in [3.8, 4) is 5.75 Å². The van der Waals surface area contributed by atoms with Gasteiger partial charge < -0.3 is 9.64 Å². The lowest BCUT2D eigenvalue weighted by atomic mass is 10.1. The highest BCUT2D eigenvalue weighted by Gasteiger charge is 2.36. The van der Waals surface area contributed by atoms with E-state index in [9.17, 15) is 12.8 Å². The quantitative estimate of drug-likeness (QED) is 0.580. The Morgan fingerprint density at radius 2 is 1.65 bits per heavy atom. The monoisotopic (exact) mass is 440 g/mol. The molecule has 1 aliphatic rings. The van der Waals surface area contributed by atoms with Gasteiger partial charge in [0.25, 0.3) is 0 Å². The zero-order chi connectivity index (χ0) is 21.8. The van der Waals surface area contributed by atoms with Crippen LogP contribution in [-0.2, 0) is 16.6 Å². The average molecular weight is 441 g/mol. The van der Waals surface area contributed by atoms with E-state index in [1.807, 2.05) is 67.7 Å². The zero-order valence-electron chi connectivity index (χ0n) is 17.3. The molecule has 3 aromatic rings. The van der Waals surface area contributed by atoms with Crippen molar-refractivity contribution in [1.29, 1.82) is 0 Å². The number of sulfonamides is 1. The minimum Gasteiger partial charge on any atom is -0.486 e. The molecule has 0 spiro atoms. The van der Waals surface area contributed by atoms with Gasteiger partial charge in [0.1, 0.15) is 6.61 Å². The van der Waals surface area contributed by atoms with Gasteiger partial charge in [-0.05, 0) is 36.4 Å². The fourth-order valence-electron chi connectivity index (χ4n) is 3.77. The topological polar surface area (TPSA) is 49.9 Å². The Hall–Kier alpha value is -2.74. The predicted octanol–water partition coefficient (Wildman–Crippen LogP) is 4.08. The number of piperazine rings is 1. The lowest BCUT2D eigenvalue weighted by Gasteiger charge is -2.39. The fraction of sp³-hybridized carbons (Fsp3) is 0.250. The van der Waals surface area contributed by atoms with E-state index in [1.54, 1.807) is 0 Å². The first kappa shape index (κ1) is 21.5. The van der Waals surface area contributed by atoms with E-state index in [0.29, 0.717) is 19.6 Å². The zero-order valence-corrected chi connectivity index (χ0v) is 18.1. The molecular weight excluding hydrogens is 415 g/mol. The Bertz CT molecular complexity index is 1120. The fourth-order valence-corrected chi connectivity index (χ4v) is 5.38. The highest BCUT2D eigenvalue weighted by molar-refractivity contribution is 7.89. The molecule has 0 N–H and O–H groups in total. The molecule has 31 heavy (non-hydrogen) atoms. The van der Waals surface area contributed by atoms with Crippen LogP contribution >= 0.6 is 0 Å². The van der Waals surface area contributed by atoms with Crippen molar-refractivity contribution in [3.05, 3.63) is 95.8 Å². The molecule has 0 saturated carbocycles. The van der Waals surface area contributed by atoms with Crippen molar-refractivity contribution in [2.24, 2.45) is 0 Å². The van der Waals surface area contributed by atoms with Crippen molar-refractivity contribution >= 4 is 10.0 Å². The van der Waals surface area contributed by atoms with Crippen LogP contribution in [0.5, 0.6) is 5.75 Å². The number of likely N-dealkylation sites (N-methyl/N-ethyl adjacent to an activating group) is 1. The van der Waals surface area contributed by atoms with Gasteiger partial charge in [-0.1, -0.05) is 60.7 Å². The Labute approximate surface area is 182 Å². The molecule has 0 aromatic heterocycles. The number of ether oxygens (including phenoxy) is 1. The summed E-state index contributed by atoms with van der Waals surface area (Å²) >= 11 is 0. The molecule has 0 bridgehead atoms. The van der Waals surface area contributed by atoms with Crippen molar-refractivity contribution < 1.29 is 17.5 Å². The van der Waals surface area contributed by atoms with Gasteiger partial charge in [0.15, 0.2) is 11.6 Å². The second-order valence-corrected chi connectivity index (χ2v) is 9.56. The maximum atomic E-state index is 14.7. The van der Waals surface area contributed by atoms with E-state index in [1.165, 1.54) is 16.4 Å². The van der Waals surface area contributed by atoms with Crippen LogP contribution in [0.15, 0.2) is 83.8 Å². The van der Waals surface area contributed by atoms with Crippen LogP contribution in [0.3, 0.4) is 0 Å². The second kappa shape index (κ2) is 9.18. The molecule has 3 aromatic carbocycles. The summed E-state index contributed by atoms with van der Waals surface area (Å²) < 4.78 is 48.6. The van der Waals surface area contributed by atoms with E-state index >= 15 is 0 Å². The third-order valence-electron chi connectivity index (χ3n) is 5.47. The number of rotatable bonds is 6. The van der Waals surface area contributed by atoms with E-state index in [4.69, 9.17) is 4.74 Å². The first-order valence-corrected chi connectivity index (χ1v) is 11.6. The predicted molar refractivity (Wildman–Crippen MR) is 118 cm³/mol. The summed E-state index contributed by atoms with van der Waals surface area (Å²) in [4.78, 5) is 2.03. The van der Waals surface area contributed by atoms with Gasteiger partial charge in [-0.15, -0.1) is 0 Å². The summed E-state index contributed by atoms with van der Waals surface area (Å²) in [6, 6.07) is 22.5. The molecule has 1 fully saturated rings. The van der Waals surface area contributed by atoms with Gasteiger partial charge in [0, 0.05) is 19.6 Å². The summed E-state index contributed by atoms with van der Waals surface area (Å²) in [6.07, 6.45) is 0. The number of benzene rings is 3. The van der Waals surface area contributed by atoms with E-state index in [-0.39, 0.29) is 23.3 Å². The number of hydrogen-bond donors (Lipinski definition) is 0. The largest absolute Gasteiger partial charge is 0.486 e. The summed E-state index contributed by atoms with van der Waals surface area (Å²) in [6.45, 7) is 1.73. The Kier molecular flexibility index (Phi) is 6.36. The molecule has 0 amide bonds. The molecule has 0 radical (unpaired) electrons. The lowest BCUT2D eigenvalue weighted by Crippen LogP contribution is -2.49. The maximum absolute atomic E-state index is 14.7. The van der Waals surface area contributed by atoms with Crippen molar-refractivity contribution in [1.82, 2.24) is 9.21 Å². The summed E-state index contributed by atoms with van der Waals surface area (Å²) in [5.74, 6) is -0.664. The molecule has 1 aliphatic heterocycles. The molecule has 4 rings (SSSR count). The Morgan fingerprint density at radius 1 is 0.968 bits per heavy atom. The molecule has 5 nitrogen and oxygen atoms in total. The third-order valence-corrected chi connectivity index (χ3v) is 7.37. The highest BCUT2D eigenvalue weighted by atomic mass is 32.2. The maximum Gasteiger partial charge on any atom is 0.243 e. The molecule has 1 saturated heterocycles. The third kappa shape index (κ3) is 4.79. The smallest absolute Gasteiger partial charge is 0.243 e. The van der Waals surface area contributed by atoms with Crippen LogP contribution in [0.2, 0.25) is 0 Å². The summed E-state index contributed by atoms with van der Waals surface area (Å²) in [5.41, 5.74) is 1.82. The Morgan fingerprint density at radius 3 is 2.32 bits per heavy atom. The molecule has 0 aliphatic carbocycles. The van der Waals surface area contributed by atoms with Gasteiger partial charge in [-0.2, -0.15) is 4.31 Å². The normalized spacial score (nSPS) is 18.1. The Balaban J connectivity index is 1.58. The van der Waals surface area contributed by atoms with Gasteiger partial charge in [-0.25, -0.2) is 12.8 Å². The van der Waals surface area contributed by atoms with Crippen LogP contribution in [0, 0.1) is 5.82 Å². The molecule has 7 heteroatoms. The summed E-state index contributed by atoms with van der Waals surface area (Å²) in [7, 11) is -1.91. The van der Waals surface area contributed by atoms with Gasteiger partial charge in [0.05, 0.1) is 10.9 Å². The lowest BCUT2D eigenvalue weighted by molar-refractivity contribution is 0.160.